The molecule has 6 aliphatic heterocycles. The van der Waals surface area contributed by atoms with Gasteiger partial charge < -0.3 is 49.4 Å². The van der Waals surface area contributed by atoms with Crippen LogP contribution in [-0.2, 0) is 49.4 Å². The summed E-state index contributed by atoms with van der Waals surface area (Å²) in [5.41, 5.74) is 0. The van der Waals surface area contributed by atoms with Crippen LogP contribution in [0, 0.1) is 0 Å². The molecule has 6 aliphatic rings. The first kappa shape index (κ1) is 44.7. The van der Waals surface area contributed by atoms with E-state index in [2.05, 4.69) is 6.58 Å². The number of hydrogen-bond donors (Lipinski definition) is 0. The van der Waals surface area contributed by atoms with Gasteiger partial charge in [-0.05, 0) is 19.3 Å². The molecule has 0 amide bonds. The summed E-state index contributed by atoms with van der Waals surface area (Å²) in [7, 11) is -37.1. The second-order valence-corrected chi connectivity index (χ2v) is 40.4. The van der Waals surface area contributed by atoms with Gasteiger partial charge in [-0.1, -0.05) is 218 Å². The van der Waals surface area contributed by atoms with Crippen molar-refractivity contribution in [2.45, 2.75) is 25.3 Å². The zero-order chi connectivity index (χ0) is 45.8. The van der Waals surface area contributed by atoms with Crippen LogP contribution in [-0.4, -0.2) is 70.4 Å². The van der Waals surface area contributed by atoms with Crippen LogP contribution in [0.3, 0.4) is 0 Å². The predicted molar refractivity (Wildman–Crippen MR) is 270 cm³/mol. The molecule has 6 fully saturated rings. The van der Waals surface area contributed by atoms with Crippen molar-refractivity contribution in [3.63, 3.8) is 0 Å². The average molecular weight is 1040 g/mol. The van der Waals surface area contributed by atoms with Gasteiger partial charge in [-0.2, -0.15) is 0 Å². The van der Waals surface area contributed by atoms with E-state index in [9.17, 15) is 0 Å². The molecule has 0 atom stereocenters. The van der Waals surface area contributed by atoms with E-state index in [1.807, 2.05) is 218 Å². The minimum Gasteiger partial charge on any atom is -0.370 e. The van der Waals surface area contributed by atoms with Gasteiger partial charge in [0.05, 0.1) is 0 Å². The highest BCUT2D eigenvalue weighted by molar-refractivity contribution is 7.13. The van der Waals surface area contributed by atoms with Gasteiger partial charge in [0.25, 0.3) is 0 Å². The molecule has 20 heteroatoms. The van der Waals surface area contributed by atoms with Crippen LogP contribution in [0.1, 0.15) is 19.3 Å². The van der Waals surface area contributed by atoms with E-state index in [1.54, 1.807) is 0 Å². The minimum absolute atomic E-state index is 0.280. The first-order valence-corrected chi connectivity index (χ1v) is 36.7. The second kappa shape index (κ2) is 17.4. The summed E-state index contributed by atoms with van der Waals surface area (Å²) in [4.78, 5) is 0. The molecule has 0 spiro atoms. The number of allylic oxidation sites excluding steroid dienone is 1. The third kappa shape index (κ3) is 7.57. The molecule has 0 aliphatic carbocycles. The fourth-order valence-corrected chi connectivity index (χ4v) is 55.9. The monoisotopic (exact) mass is 1040 g/mol. The fraction of sp³-hybridized carbons (Fsp3) is 0.0833. The molecule has 0 N–H and O–H groups in total. The lowest BCUT2D eigenvalue weighted by molar-refractivity contribution is -0.00674. The normalized spacial score (nSPS) is 33.6. The van der Waals surface area contributed by atoms with Crippen LogP contribution < -0.4 is 36.3 Å². The highest BCUT2D eigenvalue weighted by atomic mass is 28.6. The van der Waals surface area contributed by atoms with Crippen molar-refractivity contribution in [3.05, 3.63) is 225 Å². The highest BCUT2D eigenvalue weighted by Gasteiger charge is 2.86. The first-order valence-electron chi connectivity index (χ1n) is 22.7. The van der Waals surface area contributed by atoms with Crippen molar-refractivity contribution >= 4 is 107 Å². The van der Waals surface area contributed by atoms with Crippen LogP contribution in [0.4, 0.5) is 0 Å². The van der Waals surface area contributed by atoms with Crippen molar-refractivity contribution in [2.24, 2.45) is 0 Å². The Hall–Kier alpha value is -4.46. The van der Waals surface area contributed by atoms with Gasteiger partial charge in [0.15, 0.2) is 0 Å². The van der Waals surface area contributed by atoms with Gasteiger partial charge in [0.2, 0.25) is 0 Å². The Morgan fingerprint density at radius 3 is 0.647 bits per heavy atom. The predicted octanol–water partition coefficient (Wildman–Crippen LogP) is 4.47. The van der Waals surface area contributed by atoms with Crippen molar-refractivity contribution < 1.29 is 49.4 Å². The summed E-state index contributed by atoms with van der Waals surface area (Å²) in [5, 5.41) is 4.18. The molecule has 6 saturated heterocycles. The molecule has 7 aromatic rings. The summed E-state index contributed by atoms with van der Waals surface area (Å²) in [6, 6.07) is 68.0. The number of hydrogen-bond acceptors (Lipinski definition) is 12. The van der Waals surface area contributed by atoms with Crippen molar-refractivity contribution in [3.8, 4) is 0 Å². The van der Waals surface area contributed by atoms with E-state index in [0.29, 0.717) is 42.7 Å². The maximum absolute atomic E-state index is 8.10. The molecule has 342 valence electrons. The van der Waals surface area contributed by atoms with E-state index in [4.69, 9.17) is 49.4 Å². The molecule has 12 nitrogen and oxygen atoms in total. The molecule has 0 saturated carbocycles. The van der Waals surface area contributed by atoms with Gasteiger partial charge in [0.1, 0.15) is 0 Å². The van der Waals surface area contributed by atoms with Gasteiger partial charge in [-0.25, -0.2) is 0 Å². The Balaban J connectivity index is 1.28. The van der Waals surface area contributed by atoms with Gasteiger partial charge in [0, 0.05) is 42.4 Å². The summed E-state index contributed by atoms with van der Waals surface area (Å²) in [6.07, 6.45) is 4.02. The van der Waals surface area contributed by atoms with Crippen molar-refractivity contribution in [1.82, 2.24) is 0 Å². The molecule has 0 unspecified atom stereocenters. The molecule has 6 heterocycles. The molecule has 68 heavy (non-hydrogen) atoms. The van der Waals surface area contributed by atoms with Crippen molar-refractivity contribution in [2.75, 3.05) is 0 Å². The van der Waals surface area contributed by atoms with Crippen LogP contribution in [0.25, 0.3) is 0 Å². The summed E-state index contributed by atoms with van der Waals surface area (Å²) in [6.45, 7) is 4.03. The largest absolute Gasteiger partial charge is 0.515 e. The molecule has 8 bridgehead atoms. The summed E-state index contributed by atoms with van der Waals surface area (Å²) in [5.74, 6) is 0. The number of unbranched alkanes of at least 4 members (excludes halogenated alkanes) is 2. The number of rotatable bonds is 12. The van der Waals surface area contributed by atoms with Crippen LogP contribution in [0.5, 0.6) is 0 Å². The van der Waals surface area contributed by atoms with E-state index in [-0.39, 0.29) is 6.04 Å². The smallest absolute Gasteiger partial charge is 0.370 e. The average Bonchev–Trinajstić information content (AvgIpc) is 3.36. The fourth-order valence-electron chi connectivity index (χ4n) is 9.22. The lowest BCUT2D eigenvalue weighted by Crippen LogP contribution is -2.95. The Kier molecular flexibility index (Phi) is 11.5. The zero-order valence-corrected chi connectivity index (χ0v) is 44.7. The van der Waals surface area contributed by atoms with Gasteiger partial charge >= 0.3 is 70.4 Å². The molecule has 7 aromatic carbocycles. The van der Waals surface area contributed by atoms with Gasteiger partial charge in [-0.15, -0.1) is 6.58 Å². The summed E-state index contributed by atoms with van der Waals surface area (Å²) >= 11 is 0. The number of benzene rings is 7. The standard InChI is InChI=1S/C48H46O12Si8/c1-2-3-4-26-41-61-49-62(42-27-12-5-13-28-42)52-65(45-33-18-8-19-34-45)54-63(50-61,43-29-14-6-15-30-43)56-67(47-37-22-10-23-38-47)57-64(51-61,44-31-16-7-17-32-44)55-66(53-62,46-35-20-9-21-36-46)59-68(58-65,60-67)48-39-24-11-25-40-48/h2,5-25,27-40H,1,3-4,26,41H2. The Bertz CT molecular complexity index is 2600. The second-order valence-electron chi connectivity index (χ2n) is 16.9. The highest BCUT2D eigenvalue weighted by Crippen LogP contribution is 2.49. The Morgan fingerprint density at radius 2 is 0.456 bits per heavy atom. The van der Waals surface area contributed by atoms with E-state index >= 15 is 0 Å². The SMILES string of the molecule is C=CCCCC[Si]12O[Si]3(c4ccccc4)O[Si]4(c5ccccc5)O[Si](c5ccccc5)(O1)O[Si]1(c5ccccc5)O[Si](c5ccccc5)(O2)O[Si](c2ccccc2)(O3)O[Si](c2ccccc2)(O4)O1. The first-order chi connectivity index (χ1) is 33.3. The van der Waals surface area contributed by atoms with Gasteiger partial charge in [-0.3, -0.25) is 0 Å². The quantitative estimate of drug-likeness (QED) is 0.0980. The van der Waals surface area contributed by atoms with Crippen LogP contribution >= 0.6 is 0 Å². The maximum Gasteiger partial charge on any atom is 0.515 e. The van der Waals surface area contributed by atoms with Crippen LogP contribution in [0.15, 0.2) is 225 Å². The zero-order valence-electron chi connectivity index (χ0n) is 36.7. The lowest BCUT2D eigenvalue weighted by Gasteiger charge is -2.62. The van der Waals surface area contributed by atoms with E-state index in [0.717, 1.165) is 12.8 Å². The molecular weight excluding hydrogens is 993 g/mol. The third-order valence-corrected chi connectivity index (χ3v) is 46.9. The Morgan fingerprint density at radius 1 is 0.265 bits per heavy atom. The maximum atomic E-state index is 8.10. The van der Waals surface area contributed by atoms with E-state index < -0.39 is 70.4 Å². The van der Waals surface area contributed by atoms with Crippen LogP contribution in [0.2, 0.25) is 6.04 Å². The van der Waals surface area contributed by atoms with E-state index in [1.165, 1.54) is 0 Å². The topological polar surface area (TPSA) is 111 Å². The molecule has 13 rings (SSSR count). The Labute approximate surface area is 404 Å². The lowest BCUT2D eigenvalue weighted by atomic mass is 10.2. The minimum atomic E-state index is -4.71. The van der Waals surface area contributed by atoms with Crippen molar-refractivity contribution in [1.29, 1.82) is 0 Å². The molecule has 0 radical (unpaired) electrons. The third-order valence-electron chi connectivity index (χ3n) is 12.3. The molecule has 0 aromatic heterocycles. The molecular formula is C48H46O12Si8. The summed E-state index contributed by atoms with van der Waals surface area (Å²) < 4.78 is 97.1.